The summed E-state index contributed by atoms with van der Waals surface area (Å²) in [6.07, 6.45) is 6.65. The lowest BCUT2D eigenvalue weighted by Gasteiger charge is -2.25. The third kappa shape index (κ3) is 6.18. The van der Waals surface area contributed by atoms with Gasteiger partial charge in [-0.3, -0.25) is 10.1 Å². The lowest BCUT2D eigenvalue weighted by atomic mass is 9.95. The summed E-state index contributed by atoms with van der Waals surface area (Å²) >= 11 is 4.62. The van der Waals surface area contributed by atoms with Crippen molar-refractivity contribution in [2.75, 3.05) is 5.75 Å². The summed E-state index contributed by atoms with van der Waals surface area (Å²) in [5.74, 6) is 0.730. The number of hydrogen-bond acceptors (Lipinski definition) is 7. The number of thioether (sulfide) groups is 1. The van der Waals surface area contributed by atoms with E-state index in [-0.39, 0.29) is 11.7 Å². The molecule has 1 fully saturated rings. The number of thiophene rings is 2. The van der Waals surface area contributed by atoms with Crippen molar-refractivity contribution in [2.24, 2.45) is 0 Å². The second-order valence-electron chi connectivity index (χ2n) is 7.42. The van der Waals surface area contributed by atoms with Crippen LogP contribution >= 0.6 is 34.4 Å². The maximum absolute atomic E-state index is 12.3. The quantitative estimate of drug-likeness (QED) is 0.464. The average Bonchev–Trinajstić information content (AvgIpc) is 3.54. The normalized spacial score (nSPS) is 14.5. The molecule has 3 aromatic heterocycles. The van der Waals surface area contributed by atoms with Gasteiger partial charge in [0.2, 0.25) is 5.91 Å². The topological polar surface area (TPSA) is 88.9 Å². The van der Waals surface area contributed by atoms with Gasteiger partial charge < -0.3 is 9.88 Å². The molecule has 3 aromatic rings. The Kier molecular flexibility index (Phi) is 7.76. The Balaban J connectivity index is 1.36. The van der Waals surface area contributed by atoms with E-state index in [4.69, 9.17) is 0 Å². The van der Waals surface area contributed by atoms with Gasteiger partial charge in [0.25, 0.3) is 0 Å². The van der Waals surface area contributed by atoms with Gasteiger partial charge >= 0.3 is 6.03 Å². The van der Waals surface area contributed by atoms with Crippen molar-refractivity contribution in [1.82, 2.24) is 25.4 Å². The van der Waals surface area contributed by atoms with Crippen LogP contribution < -0.4 is 10.6 Å². The second-order valence-corrected chi connectivity index (χ2v) is 10.4. The van der Waals surface area contributed by atoms with Crippen molar-refractivity contribution < 1.29 is 9.59 Å². The Labute approximate surface area is 193 Å². The molecule has 3 heterocycles. The molecule has 1 aliphatic carbocycles. The number of aromatic nitrogens is 3. The van der Waals surface area contributed by atoms with E-state index in [9.17, 15) is 9.59 Å². The molecule has 0 unspecified atom stereocenters. The molecule has 0 aromatic carbocycles. The molecule has 1 aliphatic rings. The summed E-state index contributed by atoms with van der Waals surface area (Å²) in [6, 6.07) is 7.92. The second kappa shape index (κ2) is 10.9. The largest absolute Gasteiger partial charge is 0.333 e. The van der Waals surface area contributed by atoms with Crippen molar-refractivity contribution in [3.63, 3.8) is 0 Å². The molecule has 10 heteroatoms. The average molecular weight is 476 g/mol. The minimum absolute atomic E-state index is 0.121. The Morgan fingerprint density at radius 3 is 2.52 bits per heavy atom. The van der Waals surface area contributed by atoms with E-state index in [0.717, 1.165) is 35.1 Å². The molecular weight excluding hydrogens is 450 g/mol. The van der Waals surface area contributed by atoms with Gasteiger partial charge in [-0.05, 0) is 35.7 Å². The number of carbonyl (C=O) groups excluding carboxylic acids is 2. The number of carbonyl (C=O) groups is 2. The molecule has 2 N–H and O–H groups in total. The van der Waals surface area contributed by atoms with Gasteiger partial charge in [0.15, 0.2) is 5.16 Å². The maximum Gasteiger partial charge on any atom is 0.321 e. The summed E-state index contributed by atoms with van der Waals surface area (Å²) in [6.45, 7) is 0.409. The van der Waals surface area contributed by atoms with E-state index in [2.05, 4.69) is 36.8 Å². The summed E-state index contributed by atoms with van der Waals surface area (Å²) < 4.78 is 2.23. The lowest BCUT2D eigenvalue weighted by molar-refractivity contribution is -0.117. The van der Waals surface area contributed by atoms with Gasteiger partial charge in [0, 0.05) is 22.2 Å². The zero-order valence-electron chi connectivity index (χ0n) is 17.1. The van der Waals surface area contributed by atoms with Crippen LogP contribution in [0.2, 0.25) is 0 Å². The molecule has 3 amide bonds. The fourth-order valence-corrected chi connectivity index (χ4v) is 5.89. The minimum atomic E-state index is -0.480. The number of imide groups is 1. The first kappa shape index (κ1) is 22.0. The molecule has 0 spiro atoms. The molecule has 0 atom stereocenters. The molecule has 31 heavy (non-hydrogen) atoms. The third-order valence-electron chi connectivity index (χ3n) is 5.18. The van der Waals surface area contributed by atoms with E-state index in [1.165, 1.54) is 35.9 Å². The highest BCUT2D eigenvalue weighted by Gasteiger charge is 2.24. The molecule has 0 radical (unpaired) electrons. The van der Waals surface area contributed by atoms with Crippen LogP contribution in [0.4, 0.5) is 4.79 Å². The van der Waals surface area contributed by atoms with Crippen molar-refractivity contribution >= 4 is 46.4 Å². The van der Waals surface area contributed by atoms with E-state index < -0.39 is 6.03 Å². The lowest BCUT2D eigenvalue weighted by Crippen LogP contribution is -2.39. The van der Waals surface area contributed by atoms with Crippen LogP contribution in [0.1, 0.15) is 53.7 Å². The van der Waals surface area contributed by atoms with Crippen LogP contribution in [0.25, 0.3) is 0 Å². The Morgan fingerprint density at radius 1 is 1.06 bits per heavy atom. The molecule has 7 nitrogen and oxygen atoms in total. The first-order valence-corrected chi connectivity index (χ1v) is 13.1. The summed E-state index contributed by atoms with van der Waals surface area (Å²) in [5, 5.41) is 18.7. The van der Waals surface area contributed by atoms with Crippen LogP contribution in [0.15, 0.2) is 40.2 Å². The molecule has 0 aliphatic heterocycles. The van der Waals surface area contributed by atoms with E-state index in [1.54, 1.807) is 22.7 Å². The van der Waals surface area contributed by atoms with Gasteiger partial charge in [-0.15, -0.1) is 32.9 Å². The highest BCUT2D eigenvalue weighted by Crippen LogP contribution is 2.33. The van der Waals surface area contributed by atoms with Crippen molar-refractivity contribution in [3.8, 4) is 0 Å². The molecule has 0 saturated heterocycles. The third-order valence-corrected chi connectivity index (χ3v) is 7.87. The number of rotatable bonds is 8. The number of amides is 3. The van der Waals surface area contributed by atoms with Crippen molar-refractivity contribution in [2.45, 2.75) is 56.3 Å². The highest BCUT2D eigenvalue weighted by atomic mass is 32.2. The zero-order chi connectivity index (χ0) is 21.5. The van der Waals surface area contributed by atoms with Gasteiger partial charge in [0.05, 0.1) is 12.3 Å². The van der Waals surface area contributed by atoms with Crippen LogP contribution in [0.5, 0.6) is 0 Å². The van der Waals surface area contributed by atoms with Crippen molar-refractivity contribution in [1.29, 1.82) is 0 Å². The van der Waals surface area contributed by atoms with E-state index in [0.29, 0.717) is 12.6 Å². The van der Waals surface area contributed by atoms with Crippen LogP contribution in [-0.4, -0.2) is 32.5 Å². The van der Waals surface area contributed by atoms with Gasteiger partial charge in [-0.2, -0.15) is 0 Å². The predicted molar refractivity (Wildman–Crippen MR) is 125 cm³/mol. The number of nitrogens with one attached hydrogen (secondary N) is 2. The first-order chi connectivity index (χ1) is 15.2. The molecule has 1 saturated carbocycles. The van der Waals surface area contributed by atoms with Crippen LogP contribution in [0.3, 0.4) is 0 Å². The molecule has 164 valence electrons. The Bertz CT molecular complexity index is 979. The molecule has 4 rings (SSSR count). The zero-order valence-corrected chi connectivity index (χ0v) is 19.5. The van der Waals surface area contributed by atoms with Crippen molar-refractivity contribution in [3.05, 3.63) is 50.6 Å². The fraction of sp³-hybridized carbons (Fsp3) is 0.429. The number of hydrogen-bond donors (Lipinski definition) is 2. The SMILES string of the molecule is O=C(CSc1nnc(Cc2cccs2)n1C1CCCCC1)NC(=O)NCc1cccs1. The minimum Gasteiger partial charge on any atom is -0.333 e. The first-order valence-electron chi connectivity index (χ1n) is 10.4. The van der Waals surface area contributed by atoms with Gasteiger partial charge in [-0.25, -0.2) is 4.79 Å². The standard InChI is InChI=1S/C21H25N5O2S3/c27-19(23-20(28)22-13-17-9-5-11-30-17)14-31-21-25-24-18(12-16-8-4-10-29-16)26(21)15-6-2-1-3-7-15/h4-5,8-11,15H,1-3,6-7,12-14H2,(H2,22,23,27,28). The predicted octanol–water partition coefficient (Wildman–Crippen LogP) is 4.62. The monoisotopic (exact) mass is 475 g/mol. The van der Waals surface area contributed by atoms with E-state index >= 15 is 0 Å². The summed E-state index contributed by atoms with van der Waals surface area (Å²) in [5.41, 5.74) is 0. The number of urea groups is 1. The fourth-order valence-electron chi connectivity index (χ4n) is 3.72. The highest BCUT2D eigenvalue weighted by molar-refractivity contribution is 7.99. The van der Waals surface area contributed by atoms with Crippen LogP contribution in [0, 0.1) is 0 Å². The van der Waals surface area contributed by atoms with Crippen LogP contribution in [-0.2, 0) is 17.8 Å². The Hall–Kier alpha value is -2.17. The maximum atomic E-state index is 12.3. The van der Waals surface area contributed by atoms with E-state index in [1.807, 2.05) is 23.6 Å². The summed E-state index contributed by atoms with van der Waals surface area (Å²) in [7, 11) is 0. The Morgan fingerprint density at radius 2 is 1.81 bits per heavy atom. The summed E-state index contributed by atoms with van der Waals surface area (Å²) in [4.78, 5) is 26.6. The van der Waals surface area contributed by atoms with Gasteiger partial charge in [-0.1, -0.05) is 43.2 Å². The smallest absolute Gasteiger partial charge is 0.321 e. The molecule has 0 bridgehead atoms. The number of nitrogens with zero attached hydrogens (tertiary/aromatic N) is 3. The molecular formula is C21H25N5O2S3. The van der Waals surface area contributed by atoms with Gasteiger partial charge in [0.1, 0.15) is 5.82 Å².